The number of hydrogen-bond acceptors (Lipinski definition) is 14. The molecule has 6 rings (SSSR count). The molecule has 74 heavy (non-hydrogen) atoms. The largest absolute Gasteiger partial charge is 0.506 e. The number of aliphatic hydroxyl groups is 2. The summed E-state index contributed by atoms with van der Waals surface area (Å²) in [6, 6.07) is 15.8. The summed E-state index contributed by atoms with van der Waals surface area (Å²) >= 11 is 0. The van der Waals surface area contributed by atoms with Crippen LogP contribution < -0.4 is 29.5 Å². The van der Waals surface area contributed by atoms with E-state index >= 15 is 0 Å². The number of sulfonamides is 2. The molecule has 4 aromatic rings. The summed E-state index contributed by atoms with van der Waals surface area (Å²) < 4.78 is 97.3. The lowest BCUT2D eigenvalue weighted by Crippen LogP contribution is -2.49. The number of rotatable bonds is 24. The first-order valence-electron chi connectivity index (χ1n) is 24.6. The van der Waals surface area contributed by atoms with Crippen molar-refractivity contribution in [2.24, 2.45) is 0 Å². The van der Waals surface area contributed by atoms with Gasteiger partial charge in [0.05, 0.1) is 41.2 Å². The topological polar surface area (TPSA) is 248 Å². The summed E-state index contributed by atoms with van der Waals surface area (Å²) in [6.07, 6.45) is -0.418. The van der Waals surface area contributed by atoms with Crippen molar-refractivity contribution in [1.29, 1.82) is 0 Å². The molecule has 2 aliphatic heterocycles. The molecule has 0 bridgehead atoms. The maximum Gasteiger partial charge on any atom is 0.415 e. The molecule has 2 amide bonds. The minimum atomic E-state index is -4.72. The van der Waals surface area contributed by atoms with Crippen LogP contribution in [0.1, 0.15) is 128 Å². The molecule has 2 aliphatic rings. The van der Waals surface area contributed by atoms with Gasteiger partial charge in [-0.05, 0) is 132 Å². The Labute approximate surface area is 432 Å². The Hall–Kier alpha value is -5.78. The van der Waals surface area contributed by atoms with Crippen LogP contribution in [-0.4, -0.2) is 98.8 Å². The van der Waals surface area contributed by atoms with Gasteiger partial charge in [0.15, 0.2) is 5.88 Å². The molecule has 0 saturated heterocycles. The third-order valence-electron chi connectivity index (χ3n) is 14.3. The number of nitrogens with one attached hydrogen (secondary N) is 3. The van der Waals surface area contributed by atoms with Crippen molar-refractivity contribution in [1.82, 2.24) is 10.6 Å². The van der Waals surface area contributed by atoms with Crippen molar-refractivity contribution >= 4 is 55.0 Å². The first kappa shape index (κ1) is 57.5. The highest BCUT2D eigenvalue weighted by Gasteiger charge is 2.45. The highest BCUT2D eigenvalue weighted by molar-refractivity contribution is 7.96. The van der Waals surface area contributed by atoms with E-state index in [1.54, 1.807) is 12.1 Å². The molecular formula is C52H70F2N6O12S2. The Bertz CT molecular complexity index is 2930. The van der Waals surface area contributed by atoms with Gasteiger partial charge in [0.2, 0.25) is 10.0 Å². The van der Waals surface area contributed by atoms with Gasteiger partial charge in [0.25, 0.3) is 10.0 Å². The Morgan fingerprint density at radius 2 is 1.12 bits per heavy atom. The number of fused-ring (bicyclic) bond motifs is 2. The number of hydrogen-bond donors (Lipinski definition) is 7. The van der Waals surface area contributed by atoms with Gasteiger partial charge in [-0.3, -0.25) is 14.5 Å². The number of nitrogens with zero attached hydrogens (tertiary/aromatic N) is 3. The molecule has 0 aliphatic carbocycles. The highest BCUT2D eigenvalue weighted by atomic mass is 32.2. The van der Waals surface area contributed by atoms with Gasteiger partial charge in [-0.1, -0.05) is 45.9 Å². The number of ether oxygens (including phenoxy) is 2. The lowest BCUT2D eigenvalue weighted by atomic mass is 9.85. The minimum Gasteiger partial charge on any atom is -0.506 e. The predicted molar refractivity (Wildman–Crippen MR) is 279 cm³/mol. The number of carbonyl (C=O) groups is 2. The summed E-state index contributed by atoms with van der Waals surface area (Å²) in [5.74, 6) is -3.39. The van der Waals surface area contributed by atoms with Crippen LogP contribution in [-0.2, 0) is 40.7 Å². The molecular weight excluding hydrogens is 1000 g/mol. The number of carbonyl (C=O) groups excluding carboxylic acids is 2. The number of phenolic OH excluding ortho intramolecular Hbond substituents is 2. The molecule has 0 spiro atoms. The Morgan fingerprint density at radius 1 is 0.649 bits per heavy atom. The van der Waals surface area contributed by atoms with Crippen molar-refractivity contribution in [2.75, 3.05) is 57.1 Å². The Kier molecular flexibility index (Phi) is 17.3. The summed E-state index contributed by atoms with van der Waals surface area (Å²) in [5, 5.41) is 50.7. The standard InChI is InChI=1S/C52H70F2N6O12S2/c1-10-51(11-2)37-18-16-36(54)29-41(37)59(48(66)71-51)25-23-50(7,8)55-30-45(63)33-14-20-43(61)39(26-33)57-74(69,70)32-60(73(9,67)68)42-27-34(15-21-44(42)62)46(64)31-56-49(5,6)22-24-58-40-19-17-35(53)28-38(40)52(12-3,13-4)72-47(58)65/h14-21,26-29,45-46,55-57,61-64H,10-13,22-25,30-32H2,1-9H3. The molecule has 0 fully saturated rings. The fraction of sp³-hybridized carbons (Fsp3) is 0.500. The number of aromatic hydroxyl groups is 2. The van der Waals surface area contributed by atoms with Crippen molar-refractivity contribution in [2.45, 2.75) is 128 Å². The number of phenols is 2. The van der Waals surface area contributed by atoms with Crippen LogP contribution in [0.25, 0.3) is 0 Å². The second kappa shape index (κ2) is 22.2. The summed E-state index contributed by atoms with van der Waals surface area (Å²) in [6.45, 7) is 15.0. The molecule has 406 valence electrons. The van der Waals surface area contributed by atoms with E-state index in [0.717, 1.165) is 24.5 Å². The normalized spacial score (nSPS) is 16.4. The molecule has 0 saturated carbocycles. The van der Waals surface area contributed by atoms with E-state index in [0.29, 0.717) is 65.3 Å². The van der Waals surface area contributed by atoms with E-state index in [9.17, 15) is 55.6 Å². The highest BCUT2D eigenvalue weighted by Crippen LogP contribution is 2.46. The zero-order valence-electron chi connectivity index (χ0n) is 43.3. The summed E-state index contributed by atoms with van der Waals surface area (Å²) in [7, 11) is -9.18. The summed E-state index contributed by atoms with van der Waals surface area (Å²) in [4.78, 5) is 29.5. The van der Waals surface area contributed by atoms with E-state index in [4.69, 9.17) is 9.47 Å². The van der Waals surface area contributed by atoms with Crippen molar-refractivity contribution in [3.63, 3.8) is 0 Å². The lowest BCUT2D eigenvalue weighted by molar-refractivity contribution is -0.00207. The predicted octanol–water partition coefficient (Wildman–Crippen LogP) is 8.47. The number of anilines is 4. The van der Waals surface area contributed by atoms with E-state index in [1.807, 2.05) is 55.4 Å². The first-order valence-corrected chi connectivity index (χ1v) is 28.1. The zero-order valence-corrected chi connectivity index (χ0v) is 45.0. The molecule has 4 aromatic carbocycles. The fourth-order valence-corrected chi connectivity index (χ4v) is 12.1. The zero-order chi connectivity index (χ0) is 54.8. The molecule has 7 N–H and O–H groups in total. The van der Waals surface area contributed by atoms with Gasteiger partial charge in [-0.25, -0.2) is 39.5 Å². The number of benzene rings is 4. The monoisotopic (exact) mass is 1070 g/mol. The van der Waals surface area contributed by atoms with E-state index < -0.39 is 101 Å². The number of aliphatic hydroxyl groups excluding tert-OH is 2. The van der Waals surface area contributed by atoms with E-state index in [2.05, 4.69) is 15.4 Å². The van der Waals surface area contributed by atoms with Crippen LogP contribution in [0.5, 0.6) is 11.5 Å². The second-order valence-electron chi connectivity index (χ2n) is 20.3. The Balaban J connectivity index is 1.09. The maximum atomic E-state index is 14.5. The van der Waals surface area contributed by atoms with Crippen molar-refractivity contribution < 1.29 is 65.1 Å². The fourth-order valence-electron chi connectivity index (χ4n) is 9.38. The molecule has 2 heterocycles. The van der Waals surface area contributed by atoms with Crippen LogP contribution in [0, 0.1) is 11.6 Å². The van der Waals surface area contributed by atoms with Gasteiger partial charge < -0.3 is 40.5 Å². The SMILES string of the molecule is CCC1(CC)OC(=O)N(CCC(C)(C)NCC(O)c2ccc(O)c(NS(=O)(=O)CN(c3cc(C(O)CNC(C)(C)CCN4C(=O)OC(CC)(CC)c5cc(F)ccc54)ccc3O)S(C)(=O)=O)c2)c2cc(F)ccc21. The van der Waals surface area contributed by atoms with E-state index in [-0.39, 0.29) is 43.0 Å². The van der Waals surface area contributed by atoms with Gasteiger partial charge in [0.1, 0.15) is 34.3 Å². The molecule has 0 radical (unpaired) electrons. The average Bonchev–Trinajstić information content (AvgIpc) is 3.33. The maximum absolute atomic E-state index is 14.5. The Morgan fingerprint density at radius 3 is 1.65 bits per heavy atom. The van der Waals surface area contributed by atoms with E-state index in [1.165, 1.54) is 52.3 Å². The molecule has 2 unspecified atom stereocenters. The molecule has 22 heteroatoms. The van der Waals surface area contributed by atoms with Crippen LogP contribution in [0.3, 0.4) is 0 Å². The van der Waals surface area contributed by atoms with Gasteiger partial charge >= 0.3 is 12.2 Å². The smallest absolute Gasteiger partial charge is 0.415 e. The first-order chi connectivity index (χ1) is 34.5. The molecule has 18 nitrogen and oxygen atoms in total. The quantitative estimate of drug-likeness (QED) is 0.0326. The van der Waals surface area contributed by atoms with Crippen molar-refractivity contribution in [3.05, 3.63) is 107 Å². The number of amides is 2. The number of halogens is 2. The van der Waals surface area contributed by atoms with Crippen LogP contribution in [0.4, 0.5) is 41.1 Å². The second-order valence-corrected chi connectivity index (χ2v) is 23.9. The van der Waals surface area contributed by atoms with Gasteiger partial charge in [0, 0.05) is 48.4 Å². The van der Waals surface area contributed by atoms with Gasteiger partial charge in [-0.2, -0.15) is 0 Å². The van der Waals surface area contributed by atoms with Crippen molar-refractivity contribution in [3.8, 4) is 11.5 Å². The lowest BCUT2D eigenvalue weighted by Gasteiger charge is -2.42. The summed E-state index contributed by atoms with van der Waals surface area (Å²) in [5.41, 5.74) is -1.60. The van der Waals surface area contributed by atoms with Gasteiger partial charge in [-0.15, -0.1) is 0 Å². The van der Waals surface area contributed by atoms with Crippen LogP contribution in [0.2, 0.25) is 0 Å². The molecule has 2 atom stereocenters. The third-order valence-corrected chi connectivity index (χ3v) is 16.7. The van der Waals surface area contributed by atoms with Crippen LogP contribution in [0.15, 0.2) is 72.8 Å². The molecule has 0 aromatic heterocycles. The van der Waals surface area contributed by atoms with Crippen LogP contribution >= 0.6 is 0 Å². The minimum absolute atomic E-state index is 0.0726. The third kappa shape index (κ3) is 12.8. The number of β-amino-alcohol motifs (C(OH)–C–C–N with tert-alkyl or cyclic N) is 2. The average molecular weight is 1070 g/mol. The number of cyclic esters (lactones) is 2.